The molecule has 1 aromatic rings. The zero-order valence-corrected chi connectivity index (χ0v) is 11.4. The van der Waals surface area contributed by atoms with Crippen LogP contribution >= 0.6 is 27.7 Å². The van der Waals surface area contributed by atoms with Crippen molar-refractivity contribution in [3.63, 3.8) is 0 Å². The molecule has 0 amide bonds. The van der Waals surface area contributed by atoms with E-state index in [9.17, 15) is 8.78 Å². The highest BCUT2D eigenvalue weighted by atomic mass is 79.9. The van der Waals surface area contributed by atoms with E-state index in [0.29, 0.717) is 0 Å². The Morgan fingerprint density at radius 2 is 2.17 bits per heavy atom. The van der Waals surface area contributed by atoms with E-state index in [-0.39, 0.29) is 15.3 Å². The van der Waals surface area contributed by atoms with E-state index in [1.165, 1.54) is 6.07 Å². The van der Waals surface area contributed by atoms with Crippen molar-refractivity contribution in [1.29, 1.82) is 10.5 Å². The third-order valence-electron chi connectivity index (χ3n) is 1.82. The van der Waals surface area contributed by atoms with Crippen molar-refractivity contribution in [2.75, 3.05) is 6.26 Å². The lowest BCUT2D eigenvalue weighted by atomic mass is 10.2. The molecule has 18 heavy (non-hydrogen) atoms. The smallest absolute Gasteiger partial charge is 0.183 e. The summed E-state index contributed by atoms with van der Waals surface area (Å²) < 4.78 is 27.0. The van der Waals surface area contributed by atoms with Crippen molar-refractivity contribution in [3.8, 4) is 12.3 Å². The van der Waals surface area contributed by atoms with Crippen molar-refractivity contribution in [2.45, 2.75) is 0 Å². The van der Waals surface area contributed by atoms with Gasteiger partial charge in [-0.05, 0) is 28.3 Å². The highest BCUT2D eigenvalue weighted by Gasteiger charge is 2.17. The first-order valence-electron chi connectivity index (χ1n) is 4.40. The number of benzene rings is 1. The van der Waals surface area contributed by atoms with Gasteiger partial charge in [0.15, 0.2) is 23.0 Å². The molecule has 0 saturated heterocycles. The van der Waals surface area contributed by atoms with Gasteiger partial charge in [0.2, 0.25) is 0 Å². The Labute approximate surface area is 114 Å². The predicted octanol–water partition coefficient (Wildman–Crippen LogP) is 3.02. The zero-order chi connectivity index (χ0) is 13.7. The molecule has 0 fully saturated rings. The predicted molar refractivity (Wildman–Crippen MR) is 68.1 cm³/mol. The Hall–Kier alpha value is -1.64. The molecule has 0 aliphatic heterocycles. The number of halogens is 3. The van der Waals surface area contributed by atoms with E-state index in [4.69, 9.17) is 10.5 Å². The molecular formula is C10H5BrF2N4S. The quantitative estimate of drug-likeness (QED) is 0.282. The molecule has 0 aromatic heterocycles. The summed E-state index contributed by atoms with van der Waals surface area (Å²) >= 11 is 3.90. The van der Waals surface area contributed by atoms with E-state index in [1.54, 1.807) is 12.4 Å². The number of rotatable bonds is 1. The molecule has 0 aliphatic carbocycles. The molecule has 0 aliphatic rings. The first-order valence-corrected chi connectivity index (χ1v) is 6.42. The highest BCUT2D eigenvalue weighted by Crippen LogP contribution is 2.33. The summed E-state index contributed by atoms with van der Waals surface area (Å²) in [5, 5.41) is 19.4. The number of nitriles is 2. The van der Waals surface area contributed by atoms with Crippen LogP contribution in [0.2, 0.25) is 0 Å². The Bertz CT molecular complexity index is 589. The molecule has 1 rings (SSSR count). The van der Waals surface area contributed by atoms with Crippen LogP contribution in [0.25, 0.3) is 0 Å². The molecular weight excluding hydrogens is 326 g/mol. The van der Waals surface area contributed by atoms with E-state index < -0.39 is 17.2 Å². The summed E-state index contributed by atoms with van der Waals surface area (Å²) in [5.41, 5.74) is -0.726. The minimum Gasteiger partial charge on any atom is -0.271 e. The Balaban J connectivity index is 3.40. The Morgan fingerprint density at radius 1 is 1.50 bits per heavy atom. The van der Waals surface area contributed by atoms with Gasteiger partial charge in [-0.2, -0.15) is 10.5 Å². The molecule has 4 nitrogen and oxygen atoms in total. The SMILES string of the molecule is CSC(=Nc1c(F)cc(C#N)c(F)c1Br)NC#N. The Kier molecular flexibility index (Phi) is 5.08. The van der Waals surface area contributed by atoms with Crippen molar-refractivity contribution >= 4 is 38.5 Å². The van der Waals surface area contributed by atoms with E-state index >= 15 is 0 Å². The average Bonchev–Trinajstić information content (AvgIpc) is 2.37. The van der Waals surface area contributed by atoms with Crippen LogP contribution in [0.5, 0.6) is 0 Å². The minimum absolute atomic E-state index is 0.112. The molecule has 0 bridgehead atoms. The zero-order valence-electron chi connectivity index (χ0n) is 8.96. The molecule has 0 radical (unpaired) electrons. The van der Waals surface area contributed by atoms with Crippen LogP contribution in [0, 0.1) is 34.4 Å². The average molecular weight is 331 g/mol. The van der Waals surface area contributed by atoms with Gasteiger partial charge in [0.05, 0.1) is 10.0 Å². The summed E-state index contributed by atoms with van der Waals surface area (Å²) in [7, 11) is 0. The molecule has 1 N–H and O–H groups in total. The lowest BCUT2D eigenvalue weighted by Gasteiger charge is -2.05. The summed E-state index contributed by atoms with van der Waals surface area (Å²) in [6.07, 6.45) is 3.25. The van der Waals surface area contributed by atoms with Gasteiger partial charge < -0.3 is 0 Å². The maximum Gasteiger partial charge on any atom is 0.183 e. The van der Waals surface area contributed by atoms with Gasteiger partial charge in [0.25, 0.3) is 0 Å². The molecule has 0 saturated carbocycles. The van der Waals surface area contributed by atoms with Crippen molar-refractivity contribution in [1.82, 2.24) is 5.32 Å². The van der Waals surface area contributed by atoms with Crippen LogP contribution in [0.15, 0.2) is 15.5 Å². The van der Waals surface area contributed by atoms with Gasteiger partial charge >= 0.3 is 0 Å². The van der Waals surface area contributed by atoms with Crippen LogP contribution in [0.1, 0.15) is 5.56 Å². The first-order chi connectivity index (χ1) is 8.54. The number of nitrogens with one attached hydrogen (secondary N) is 1. The van der Waals surface area contributed by atoms with Gasteiger partial charge in [-0.25, -0.2) is 13.8 Å². The fourth-order valence-electron chi connectivity index (χ4n) is 1.04. The number of hydrogen-bond acceptors (Lipinski definition) is 4. The molecule has 8 heteroatoms. The fraction of sp³-hybridized carbons (Fsp3) is 0.100. The number of amidine groups is 1. The van der Waals surface area contributed by atoms with E-state index in [1.807, 2.05) is 0 Å². The topological polar surface area (TPSA) is 72.0 Å². The number of aliphatic imine (C=N–C) groups is 1. The van der Waals surface area contributed by atoms with Gasteiger partial charge in [-0.3, -0.25) is 5.32 Å². The van der Waals surface area contributed by atoms with Crippen LogP contribution < -0.4 is 5.32 Å². The van der Waals surface area contributed by atoms with Gasteiger partial charge in [-0.15, -0.1) is 0 Å². The lowest BCUT2D eigenvalue weighted by Crippen LogP contribution is -2.12. The van der Waals surface area contributed by atoms with Gasteiger partial charge in [-0.1, -0.05) is 11.8 Å². The number of hydrogen-bond donors (Lipinski definition) is 1. The van der Waals surface area contributed by atoms with Crippen LogP contribution in [0.3, 0.4) is 0 Å². The largest absolute Gasteiger partial charge is 0.271 e. The van der Waals surface area contributed by atoms with Crippen LogP contribution in [0.4, 0.5) is 14.5 Å². The van der Waals surface area contributed by atoms with Crippen LogP contribution in [-0.4, -0.2) is 11.4 Å². The Morgan fingerprint density at radius 3 is 2.67 bits per heavy atom. The monoisotopic (exact) mass is 330 g/mol. The second-order valence-electron chi connectivity index (χ2n) is 2.85. The van der Waals surface area contributed by atoms with E-state index in [2.05, 4.69) is 26.2 Å². The summed E-state index contributed by atoms with van der Waals surface area (Å²) in [6.45, 7) is 0. The molecule has 0 atom stereocenters. The van der Waals surface area contributed by atoms with E-state index in [0.717, 1.165) is 17.8 Å². The summed E-state index contributed by atoms with van der Waals surface area (Å²) in [6, 6.07) is 2.28. The molecule has 92 valence electrons. The van der Waals surface area contributed by atoms with Crippen molar-refractivity contribution in [3.05, 3.63) is 27.7 Å². The molecule has 0 unspecified atom stereocenters. The maximum atomic E-state index is 13.6. The third-order valence-corrected chi connectivity index (χ3v) is 3.13. The second-order valence-corrected chi connectivity index (χ2v) is 4.44. The highest BCUT2D eigenvalue weighted by molar-refractivity contribution is 9.10. The second kappa shape index (κ2) is 6.34. The standard InChI is InChI=1S/C10H5BrF2N4S/c1-18-10(16-4-15)17-9-6(12)2-5(3-14)8(13)7(9)11/h2H,1H3,(H,16,17). The number of nitrogens with zero attached hydrogens (tertiary/aromatic N) is 3. The molecule has 1 aromatic carbocycles. The third kappa shape index (κ3) is 2.97. The summed E-state index contributed by atoms with van der Waals surface area (Å²) in [5.74, 6) is -1.75. The normalized spacial score (nSPS) is 10.7. The summed E-state index contributed by atoms with van der Waals surface area (Å²) in [4.78, 5) is 3.78. The van der Waals surface area contributed by atoms with Crippen molar-refractivity contribution in [2.24, 2.45) is 4.99 Å². The first kappa shape index (κ1) is 14.4. The number of thioether (sulfide) groups is 1. The fourth-order valence-corrected chi connectivity index (χ4v) is 1.87. The maximum absolute atomic E-state index is 13.6. The minimum atomic E-state index is -0.893. The molecule has 0 spiro atoms. The van der Waals surface area contributed by atoms with Crippen LogP contribution in [-0.2, 0) is 0 Å². The van der Waals surface area contributed by atoms with Gasteiger partial charge in [0, 0.05) is 0 Å². The van der Waals surface area contributed by atoms with Gasteiger partial charge in [0.1, 0.15) is 11.8 Å². The van der Waals surface area contributed by atoms with Crippen molar-refractivity contribution < 1.29 is 8.78 Å². The lowest BCUT2D eigenvalue weighted by molar-refractivity contribution is 0.593. The molecule has 0 heterocycles.